The summed E-state index contributed by atoms with van der Waals surface area (Å²) >= 11 is 1.35. The van der Waals surface area contributed by atoms with E-state index in [0.29, 0.717) is 22.0 Å². The van der Waals surface area contributed by atoms with Crippen molar-refractivity contribution in [1.82, 2.24) is 0 Å². The molecular formula is C17H13FO3S. The van der Waals surface area contributed by atoms with Crippen molar-refractivity contribution in [3.63, 3.8) is 0 Å². The van der Waals surface area contributed by atoms with Crippen molar-refractivity contribution in [3.8, 4) is 5.75 Å². The molecule has 0 saturated heterocycles. The Balaban J connectivity index is 1.96. The van der Waals surface area contributed by atoms with E-state index in [0.717, 1.165) is 10.9 Å². The van der Waals surface area contributed by atoms with Crippen LogP contribution in [0.1, 0.15) is 5.56 Å². The van der Waals surface area contributed by atoms with Gasteiger partial charge in [-0.15, -0.1) is 11.8 Å². The van der Waals surface area contributed by atoms with Gasteiger partial charge in [-0.1, -0.05) is 12.1 Å². The molecule has 3 rings (SSSR count). The fourth-order valence-corrected chi connectivity index (χ4v) is 3.10. The minimum Gasteiger partial charge on any atom is -0.497 e. The normalized spacial score (nSPS) is 10.8. The molecule has 0 unspecified atom stereocenters. The molecule has 1 heterocycles. The first-order valence-corrected chi connectivity index (χ1v) is 7.64. The number of rotatable bonds is 4. The van der Waals surface area contributed by atoms with Gasteiger partial charge in [0.25, 0.3) is 0 Å². The van der Waals surface area contributed by atoms with Crippen LogP contribution < -0.4 is 10.4 Å². The molecule has 0 aliphatic rings. The Morgan fingerprint density at radius 3 is 2.77 bits per heavy atom. The smallest absolute Gasteiger partial charge is 0.336 e. The Morgan fingerprint density at radius 2 is 2.00 bits per heavy atom. The van der Waals surface area contributed by atoms with E-state index in [2.05, 4.69) is 0 Å². The third kappa shape index (κ3) is 2.99. The minimum atomic E-state index is -0.426. The van der Waals surface area contributed by atoms with Crippen molar-refractivity contribution < 1.29 is 13.5 Å². The molecule has 22 heavy (non-hydrogen) atoms. The molecule has 0 amide bonds. The van der Waals surface area contributed by atoms with Crippen molar-refractivity contribution in [2.75, 3.05) is 7.11 Å². The van der Waals surface area contributed by atoms with E-state index in [1.54, 1.807) is 37.4 Å². The van der Waals surface area contributed by atoms with Crippen molar-refractivity contribution in [1.29, 1.82) is 0 Å². The molecule has 3 aromatic rings. The van der Waals surface area contributed by atoms with Gasteiger partial charge in [-0.3, -0.25) is 0 Å². The van der Waals surface area contributed by atoms with Crippen molar-refractivity contribution >= 4 is 22.7 Å². The monoisotopic (exact) mass is 316 g/mol. The Hall–Kier alpha value is -2.27. The average Bonchev–Trinajstić information content (AvgIpc) is 2.53. The van der Waals surface area contributed by atoms with Crippen LogP contribution in [0.3, 0.4) is 0 Å². The molecule has 0 radical (unpaired) electrons. The van der Waals surface area contributed by atoms with Crippen LogP contribution in [0, 0.1) is 5.82 Å². The molecule has 0 saturated carbocycles. The Kier molecular flexibility index (Phi) is 4.15. The zero-order chi connectivity index (χ0) is 15.5. The van der Waals surface area contributed by atoms with Gasteiger partial charge in [0.1, 0.15) is 17.1 Å². The zero-order valence-electron chi connectivity index (χ0n) is 11.8. The maximum Gasteiger partial charge on any atom is 0.336 e. The predicted molar refractivity (Wildman–Crippen MR) is 85.0 cm³/mol. The van der Waals surface area contributed by atoms with Crippen LogP contribution in [-0.2, 0) is 5.75 Å². The molecule has 112 valence electrons. The number of thioether (sulfide) groups is 1. The Morgan fingerprint density at radius 1 is 1.18 bits per heavy atom. The summed E-state index contributed by atoms with van der Waals surface area (Å²) in [5.74, 6) is 0.839. The highest BCUT2D eigenvalue weighted by atomic mass is 32.2. The molecule has 0 aliphatic carbocycles. The first-order chi connectivity index (χ1) is 10.7. The van der Waals surface area contributed by atoms with E-state index >= 15 is 0 Å². The second-order valence-electron chi connectivity index (χ2n) is 4.67. The number of hydrogen-bond donors (Lipinski definition) is 0. The molecule has 2 aromatic carbocycles. The summed E-state index contributed by atoms with van der Waals surface area (Å²) in [6.07, 6.45) is 0. The fraction of sp³-hybridized carbons (Fsp3) is 0.118. The molecule has 0 fully saturated rings. The number of methoxy groups -OCH3 is 1. The van der Waals surface area contributed by atoms with E-state index in [4.69, 9.17) is 9.15 Å². The maximum absolute atomic E-state index is 13.7. The third-order valence-electron chi connectivity index (χ3n) is 3.26. The topological polar surface area (TPSA) is 39.4 Å². The largest absolute Gasteiger partial charge is 0.497 e. The molecule has 0 N–H and O–H groups in total. The number of halogens is 1. The van der Waals surface area contributed by atoms with Gasteiger partial charge in [-0.05, 0) is 29.8 Å². The second-order valence-corrected chi connectivity index (χ2v) is 5.69. The summed E-state index contributed by atoms with van der Waals surface area (Å²) in [4.78, 5) is 12.2. The van der Waals surface area contributed by atoms with Crippen LogP contribution in [0.15, 0.2) is 62.6 Å². The molecule has 0 atom stereocenters. The van der Waals surface area contributed by atoms with E-state index < -0.39 is 5.63 Å². The summed E-state index contributed by atoms with van der Waals surface area (Å²) in [6, 6.07) is 13.3. The highest BCUT2D eigenvalue weighted by Gasteiger charge is 2.09. The summed E-state index contributed by atoms with van der Waals surface area (Å²) in [7, 11) is 1.55. The molecular weight excluding hydrogens is 303 g/mol. The summed E-state index contributed by atoms with van der Waals surface area (Å²) < 4.78 is 24.0. The zero-order valence-corrected chi connectivity index (χ0v) is 12.7. The molecule has 0 spiro atoms. The Bertz CT molecular complexity index is 873. The van der Waals surface area contributed by atoms with Crippen LogP contribution in [0.5, 0.6) is 5.75 Å². The number of fused-ring (bicyclic) bond motifs is 1. The van der Waals surface area contributed by atoms with Crippen LogP contribution in [0.2, 0.25) is 0 Å². The minimum absolute atomic E-state index is 0.263. The van der Waals surface area contributed by atoms with Gasteiger partial charge in [-0.25, -0.2) is 9.18 Å². The van der Waals surface area contributed by atoms with Gasteiger partial charge in [0.2, 0.25) is 0 Å². The lowest BCUT2D eigenvalue weighted by Crippen LogP contribution is -2.00. The van der Waals surface area contributed by atoms with E-state index in [9.17, 15) is 9.18 Å². The highest BCUT2D eigenvalue weighted by molar-refractivity contribution is 7.98. The highest BCUT2D eigenvalue weighted by Crippen LogP contribution is 2.29. The lowest BCUT2D eigenvalue weighted by Gasteiger charge is -2.07. The van der Waals surface area contributed by atoms with Gasteiger partial charge in [0, 0.05) is 28.2 Å². The molecule has 0 aliphatic heterocycles. The van der Waals surface area contributed by atoms with Gasteiger partial charge < -0.3 is 9.15 Å². The SMILES string of the molecule is COc1ccc2c(CSc3ccccc3F)cc(=O)oc2c1. The van der Waals surface area contributed by atoms with E-state index in [1.807, 2.05) is 6.07 Å². The van der Waals surface area contributed by atoms with Gasteiger partial charge in [-0.2, -0.15) is 0 Å². The third-order valence-corrected chi connectivity index (χ3v) is 4.35. The number of ether oxygens (including phenoxy) is 1. The summed E-state index contributed by atoms with van der Waals surface area (Å²) in [5.41, 5.74) is 0.850. The molecule has 5 heteroatoms. The average molecular weight is 316 g/mol. The van der Waals surface area contributed by atoms with Gasteiger partial charge >= 0.3 is 5.63 Å². The van der Waals surface area contributed by atoms with Crippen LogP contribution in [-0.4, -0.2) is 7.11 Å². The summed E-state index contributed by atoms with van der Waals surface area (Å²) in [5, 5.41) is 0.823. The maximum atomic E-state index is 13.7. The van der Waals surface area contributed by atoms with E-state index in [-0.39, 0.29) is 5.82 Å². The number of hydrogen-bond acceptors (Lipinski definition) is 4. The van der Waals surface area contributed by atoms with Crippen LogP contribution in [0.25, 0.3) is 11.0 Å². The first-order valence-electron chi connectivity index (χ1n) is 6.65. The second kappa shape index (κ2) is 6.23. The van der Waals surface area contributed by atoms with Crippen LogP contribution in [0.4, 0.5) is 4.39 Å². The lowest BCUT2D eigenvalue weighted by molar-refractivity contribution is 0.414. The van der Waals surface area contributed by atoms with Crippen molar-refractivity contribution in [2.45, 2.75) is 10.6 Å². The summed E-state index contributed by atoms with van der Waals surface area (Å²) in [6.45, 7) is 0. The predicted octanol–water partition coefficient (Wildman–Crippen LogP) is 4.23. The molecule has 1 aromatic heterocycles. The molecule has 3 nitrogen and oxygen atoms in total. The first kappa shape index (κ1) is 14.7. The quantitative estimate of drug-likeness (QED) is 0.533. The van der Waals surface area contributed by atoms with Crippen molar-refractivity contribution in [2.24, 2.45) is 0 Å². The fourth-order valence-electron chi connectivity index (χ4n) is 2.17. The van der Waals surface area contributed by atoms with Gasteiger partial charge in [0.15, 0.2) is 0 Å². The lowest BCUT2D eigenvalue weighted by atomic mass is 10.1. The van der Waals surface area contributed by atoms with E-state index in [1.165, 1.54) is 23.9 Å². The van der Waals surface area contributed by atoms with Gasteiger partial charge in [0.05, 0.1) is 7.11 Å². The van der Waals surface area contributed by atoms with Crippen LogP contribution >= 0.6 is 11.8 Å². The van der Waals surface area contributed by atoms with Crippen molar-refractivity contribution in [3.05, 3.63) is 70.3 Å². The molecule has 0 bridgehead atoms. The Labute approximate surface area is 130 Å². The number of benzene rings is 2. The standard InChI is InChI=1S/C17H13FO3S/c1-20-12-6-7-13-11(8-17(19)21-15(13)9-12)10-22-16-5-3-2-4-14(16)18/h2-9H,10H2,1H3.